The van der Waals surface area contributed by atoms with E-state index in [0.29, 0.717) is 4.90 Å². The highest BCUT2D eigenvalue weighted by Crippen LogP contribution is 2.19. The Kier molecular flexibility index (Phi) is 2.37. The van der Waals surface area contributed by atoms with E-state index < -0.39 is 9.71 Å². The van der Waals surface area contributed by atoms with E-state index in [1.165, 1.54) is 0 Å². The Morgan fingerprint density at radius 3 is 2.36 bits per heavy atom. The molecule has 0 amide bonds. The van der Waals surface area contributed by atoms with Gasteiger partial charge in [0.25, 0.3) is 0 Å². The van der Waals surface area contributed by atoms with Gasteiger partial charge in [-0.3, -0.25) is 5.14 Å². The third kappa shape index (κ3) is 2.05. The molecule has 1 atom stereocenters. The largest absolute Gasteiger partial charge is 0.256 e. The molecule has 1 unspecified atom stereocenters. The Labute approximate surface area is 74.7 Å². The summed E-state index contributed by atoms with van der Waals surface area (Å²) >= 11 is 3.23. The van der Waals surface area contributed by atoms with Crippen molar-refractivity contribution in [3.8, 4) is 0 Å². The van der Waals surface area contributed by atoms with Gasteiger partial charge in [0.05, 0.1) is 14.6 Å². The van der Waals surface area contributed by atoms with Crippen LogP contribution < -0.4 is 5.14 Å². The Hall–Kier alpha value is -0.320. The monoisotopic (exact) mass is 233 g/mol. The summed E-state index contributed by atoms with van der Waals surface area (Å²) in [7, 11) is -2.58. The minimum Gasteiger partial charge on any atom is -0.256 e. The lowest BCUT2D eigenvalue weighted by Gasteiger charge is -2.03. The first-order valence-electron chi connectivity index (χ1n) is 2.91. The van der Waals surface area contributed by atoms with Gasteiger partial charge < -0.3 is 0 Å². The van der Waals surface area contributed by atoms with Crippen LogP contribution >= 0.6 is 15.9 Å². The van der Waals surface area contributed by atoms with Crippen LogP contribution in [0.25, 0.3) is 0 Å². The van der Waals surface area contributed by atoms with Crippen molar-refractivity contribution in [3.05, 3.63) is 28.7 Å². The molecule has 0 spiro atoms. The molecule has 60 valence electrons. The fourth-order valence-corrected chi connectivity index (χ4v) is 2.54. The van der Waals surface area contributed by atoms with E-state index in [9.17, 15) is 4.21 Å². The fourth-order valence-electron chi connectivity index (χ4n) is 0.725. The van der Waals surface area contributed by atoms with Gasteiger partial charge in [0.1, 0.15) is 0 Å². The highest BCUT2D eigenvalue weighted by atomic mass is 79.9. The maximum Gasteiger partial charge on any atom is 0.0584 e. The second-order valence-electron chi connectivity index (χ2n) is 2.16. The average molecular weight is 234 g/mol. The summed E-state index contributed by atoms with van der Waals surface area (Å²) in [4.78, 5) is 0.556. The topological polar surface area (TPSA) is 43.1 Å². The smallest absolute Gasteiger partial charge is 0.0584 e. The molecule has 0 bridgehead atoms. The van der Waals surface area contributed by atoms with Gasteiger partial charge in [-0.05, 0) is 33.9 Å². The quantitative estimate of drug-likeness (QED) is 0.733. The maximum absolute atomic E-state index is 11.2. The number of rotatable bonds is 1. The first-order chi connectivity index (χ1) is 5.02. The number of hydrogen-bond donors (Lipinski definition) is 1. The third-order valence-corrected chi connectivity index (χ3v) is 3.26. The summed E-state index contributed by atoms with van der Waals surface area (Å²) in [5.74, 6) is 3.38. The van der Waals surface area contributed by atoms with E-state index in [4.69, 9.17) is 5.14 Å². The summed E-state index contributed by atoms with van der Waals surface area (Å²) in [6.07, 6.45) is 0. The van der Waals surface area contributed by atoms with Crippen LogP contribution in [-0.4, -0.2) is 10.1 Å². The molecule has 4 heteroatoms. The van der Waals surface area contributed by atoms with Crippen LogP contribution in [0.15, 0.2) is 33.6 Å². The second kappa shape index (κ2) is 2.97. The first-order valence-corrected chi connectivity index (χ1v) is 5.49. The Morgan fingerprint density at radius 2 is 2.00 bits per heavy atom. The molecule has 2 N–H and O–H groups in total. The van der Waals surface area contributed by atoms with Gasteiger partial charge in [0.15, 0.2) is 0 Å². The highest BCUT2D eigenvalue weighted by molar-refractivity contribution is 9.10. The van der Waals surface area contributed by atoms with Gasteiger partial charge in [-0.2, -0.15) is 0 Å². The minimum atomic E-state index is -2.58. The maximum atomic E-state index is 11.2. The van der Waals surface area contributed by atoms with Crippen molar-refractivity contribution in [2.24, 2.45) is 5.14 Å². The van der Waals surface area contributed by atoms with Crippen molar-refractivity contribution >= 4 is 31.5 Å². The number of halogens is 1. The zero-order chi connectivity index (χ0) is 8.48. The summed E-state index contributed by atoms with van der Waals surface area (Å²) in [6.45, 7) is 0. The van der Waals surface area contributed by atoms with Gasteiger partial charge in [-0.15, -0.1) is 0 Å². The summed E-state index contributed by atoms with van der Waals surface area (Å²) in [6, 6.07) is 7.09. The third-order valence-electron chi connectivity index (χ3n) is 1.21. The number of nitrogens with two attached hydrogens (primary N) is 1. The fraction of sp³-hybridized carbons (Fsp3) is 0. The molecule has 0 aliphatic carbocycles. The molecule has 0 saturated heterocycles. The van der Waals surface area contributed by atoms with Gasteiger partial charge in [0, 0.05) is 4.47 Å². The highest BCUT2D eigenvalue weighted by Gasteiger charge is 2.03. The van der Waals surface area contributed by atoms with Crippen molar-refractivity contribution in [1.29, 1.82) is 0 Å². The average Bonchev–Trinajstić information content (AvgIpc) is 1.86. The summed E-state index contributed by atoms with van der Waals surface area (Å²) in [5, 5.41) is 5.34. The van der Waals surface area contributed by atoms with Crippen LogP contribution in [0.1, 0.15) is 0 Å². The zero-order valence-electron chi connectivity index (χ0n) is 5.79. The van der Waals surface area contributed by atoms with E-state index in [1.54, 1.807) is 18.2 Å². The van der Waals surface area contributed by atoms with Crippen LogP contribution in [0, 0.1) is 0 Å². The molecule has 0 saturated carbocycles. The van der Waals surface area contributed by atoms with Crippen LogP contribution in [0.4, 0.5) is 0 Å². The molecule has 0 fully saturated rings. The van der Waals surface area contributed by atoms with Crippen LogP contribution in [0.5, 0.6) is 0 Å². The summed E-state index contributed by atoms with van der Waals surface area (Å²) in [5.41, 5.74) is 0. The van der Waals surface area contributed by atoms with Gasteiger partial charge >= 0.3 is 0 Å². The van der Waals surface area contributed by atoms with E-state index in [0.717, 1.165) is 4.47 Å². The zero-order valence-corrected chi connectivity index (χ0v) is 8.19. The molecule has 1 aromatic carbocycles. The molecule has 1 aromatic rings. The number of hydrogen-bond acceptors (Lipinski definition) is 1. The predicted molar refractivity (Wildman–Crippen MR) is 51.9 cm³/mol. The molecule has 0 heterocycles. The molecular weight excluding hydrogens is 226 g/mol. The van der Waals surface area contributed by atoms with Crippen molar-refractivity contribution in [3.63, 3.8) is 0 Å². The molecule has 0 radical (unpaired) electrons. The Balaban J connectivity index is 3.37. The predicted octanol–water partition coefficient (Wildman–Crippen LogP) is 1.40. The lowest BCUT2D eigenvalue weighted by molar-refractivity contribution is 0.682. The molecule has 1 rings (SSSR count). The van der Waals surface area contributed by atoms with Crippen molar-refractivity contribution in [1.82, 2.24) is 0 Å². The van der Waals surface area contributed by atoms with E-state index in [2.05, 4.69) is 21.8 Å². The first kappa shape index (κ1) is 8.77. The normalized spacial score (nSPS) is 15.8. The lowest BCUT2D eigenvalue weighted by atomic mass is 10.4. The molecule has 0 aliphatic rings. The van der Waals surface area contributed by atoms with E-state index >= 15 is 0 Å². The lowest BCUT2D eigenvalue weighted by Crippen LogP contribution is -2.12. The summed E-state index contributed by atoms with van der Waals surface area (Å²) < 4.78 is 12.0. The van der Waals surface area contributed by atoms with Crippen LogP contribution in [-0.2, 0) is 9.71 Å². The molecular formula is C7H8BrNOS. The number of benzene rings is 1. The van der Waals surface area contributed by atoms with Crippen LogP contribution in [0.2, 0.25) is 0 Å². The molecule has 2 nitrogen and oxygen atoms in total. The van der Waals surface area contributed by atoms with Gasteiger partial charge in [0.2, 0.25) is 0 Å². The van der Waals surface area contributed by atoms with Crippen LogP contribution in [0.3, 0.4) is 0 Å². The Bertz CT molecular complexity index is 358. The van der Waals surface area contributed by atoms with E-state index in [-0.39, 0.29) is 0 Å². The van der Waals surface area contributed by atoms with Gasteiger partial charge in [-0.1, -0.05) is 12.1 Å². The van der Waals surface area contributed by atoms with E-state index in [1.807, 2.05) is 6.07 Å². The molecule has 0 aliphatic heterocycles. The van der Waals surface area contributed by atoms with Crippen molar-refractivity contribution in [2.75, 3.05) is 0 Å². The molecule has 0 aromatic heterocycles. The second-order valence-corrected chi connectivity index (χ2v) is 4.90. The van der Waals surface area contributed by atoms with Gasteiger partial charge in [-0.25, -0.2) is 4.21 Å². The SMILES string of the molecule is C=S(N)(=O)c1ccccc1Br. The minimum absolute atomic E-state index is 0.556. The van der Waals surface area contributed by atoms with Crippen molar-refractivity contribution in [2.45, 2.75) is 4.90 Å². The van der Waals surface area contributed by atoms with Crippen molar-refractivity contribution < 1.29 is 4.21 Å². The molecule has 11 heavy (non-hydrogen) atoms. The Morgan fingerprint density at radius 1 is 1.45 bits per heavy atom. The standard InChI is InChI=1S/C7H8BrNOS/c1-11(9,10)7-5-3-2-4-6(7)8/h2-5H,1H2,(H2,9,10).